The normalized spacial score (nSPS) is 14.8. The van der Waals surface area contributed by atoms with Gasteiger partial charge in [-0.25, -0.2) is 9.37 Å². The van der Waals surface area contributed by atoms with Crippen molar-refractivity contribution in [1.29, 1.82) is 0 Å². The minimum Gasteiger partial charge on any atom is -0.332 e. The Hall–Kier alpha value is -1.68. The van der Waals surface area contributed by atoms with Crippen LogP contribution in [0, 0.1) is 5.82 Å². The fourth-order valence-electron chi connectivity index (χ4n) is 1.99. The highest BCUT2D eigenvalue weighted by Crippen LogP contribution is 2.22. The molecule has 0 spiro atoms. The molecule has 1 aliphatic rings. The molecule has 0 saturated carbocycles. The maximum atomic E-state index is 13.6. The minimum atomic E-state index is -0.217. The smallest absolute Gasteiger partial charge is 0.132 e. The number of nitrogens with zero attached hydrogens (tertiary/aromatic N) is 2. The molecule has 2 aromatic rings. The third-order valence-corrected chi connectivity index (χ3v) is 2.82. The van der Waals surface area contributed by atoms with Crippen molar-refractivity contribution in [3.05, 3.63) is 42.1 Å². The van der Waals surface area contributed by atoms with E-state index in [-0.39, 0.29) is 5.82 Å². The maximum Gasteiger partial charge on any atom is 0.132 e. The topological polar surface area (TPSA) is 29.9 Å². The van der Waals surface area contributed by atoms with Gasteiger partial charge in [0, 0.05) is 24.8 Å². The maximum absolute atomic E-state index is 13.6. The SMILES string of the molecule is Fc1ccccc1-c1cn2c(n1)CNCC2. The van der Waals surface area contributed by atoms with Crippen LogP contribution >= 0.6 is 0 Å². The molecule has 4 heteroatoms. The number of benzene rings is 1. The molecule has 0 radical (unpaired) electrons. The molecular weight excluding hydrogens is 205 g/mol. The standard InChI is InChI=1S/C12H12FN3/c13-10-4-2-1-3-9(10)11-8-16-6-5-14-7-12(16)15-11/h1-4,8,14H,5-7H2. The summed E-state index contributed by atoms with van der Waals surface area (Å²) >= 11 is 0. The second-order valence-electron chi connectivity index (χ2n) is 3.89. The highest BCUT2D eigenvalue weighted by atomic mass is 19.1. The van der Waals surface area contributed by atoms with E-state index in [4.69, 9.17) is 0 Å². The molecule has 3 rings (SSSR count). The molecular formula is C12H12FN3. The molecule has 0 aliphatic carbocycles. The zero-order valence-electron chi connectivity index (χ0n) is 8.78. The van der Waals surface area contributed by atoms with Crippen molar-refractivity contribution in [2.24, 2.45) is 0 Å². The number of rotatable bonds is 1. The Balaban J connectivity index is 2.07. The lowest BCUT2D eigenvalue weighted by molar-refractivity contribution is 0.505. The van der Waals surface area contributed by atoms with Crippen LogP contribution in [0.15, 0.2) is 30.5 Å². The van der Waals surface area contributed by atoms with Crippen LogP contribution in [-0.2, 0) is 13.1 Å². The third kappa shape index (κ3) is 1.51. The fraction of sp³-hybridized carbons (Fsp3) is 0.250. The molecule has 2 heterocycles. The van der Waals surface area contributed by atoms with Gasteiger partial charge in [-0.15, -0.1) is 0 Å². The molecule has 1 aromatic heterocycles. The van der Waals surface area contributed by atoms with E-state index in [0.29, 0.717) is 5.56 Å². The molecule has 0 saturated heterocycles. The van der Waals surface area contributed by atoms with Gasteiger partial charge in [0.25, 0.3) is 0 Å². The minimum absolute atomic E-state index is 0.217. The van der Waals surface area contributed by atoms with Crippen molar-refractivity contribution in [3.8, 4) is 11.3 Å². The second kappa shape index (κ2) is 3.72. The predicted molar refractivity (Wildman–Crippen MR) is 59.3 cm³/mol. The van der Waals surface area contributed by atoms with Crippen LogP contribution in [0.1, 0.15) is 5.82 Å². The summed E-state index contributed by atoms with van der Waals surface area (Å²) in [4.78, 5) is 4.44. The first-order valence-electron chi connectivity index (χ1n) is 5.36. The number of fused-ring (bicyclic) bond motifs is 1. The molecule has 0 unspecified atom stereocenters. The van der Waals surface area contributed by atoms with E-state index < -0.39 is 0 Å². The van der Waals surface area contributed by atoms with Gasteiger partial charge in [-0.05, 0) is 12.1 Å². The zero-order chi connectivity index (χ0) is 11.0. The summed E-state index contributed by atoms with van der Waals surface area (Å²) in [6, 6.07) is 6.74. The highest BCUT2D eigenvalue weighted by Gasteiger charge is 2.14. The summed E-state index contributed by atoms with van der Waals surface area (Å²) in [5.41, 5.74) is 1.29. The van der Waals surface area contributed by atoms with Gasteiger partial charge in [0.15, 0.2) is 0 Å². The summed E-state index contributed by atoms with van der Waals surface area (Å²) < 4.78 is 15.7. The Labute approximate surface area is 92.9 Å². The molecule has 0 amide bonds. The summed E-state index contributed by atoms with van der Waals surface area (Å²) in [6.07, 6.45) is 1.93. The summed E-state index contributed by atoms with van der Waals surface area (Å²) in [6.45, 7) is 2.60. The van der Waals surface area contributed by atoms with Crippen molar-refractivity contribution < 1.29 is 4.39 Å². The number of hydrogen-bond acceptors (Lipinski definition) is 2. The molecule has 0 fully saturated rings. The van der Waals surface area contributed by atoms with Crippen molar-refractivity contribution in [3.63, 3.8) is 0 Å². The Morgan fingerprint density at radius 1 is 1.31 bits per heavy atom. The lowest BCUT2D eigenvalue weighted by Crippen LogP contribution is -2.27. The number of nitrogens with one attached hydrogen (secondary N) is 1. The largest absolute Gasteiger partial charge is 0.332 e. The van der Waals surface area contributed by atoms with E-state index in [1.165, 1.54) is 6.07 Å². The van der Waals surface area contributed by atoms with Gasteiger partial charge in [-0.1, -0.05) is 12.1 Å². The molecule has 82 valence electrons. The van der Waals surface area contributed by atoms with Gasteiger partial charge in [-0.3, -0.25) is 0 Å². The van der Waals surface area contributed by atoms with Crippen LogP contribution in [0.3, 0.4) is 0 Å². The number of halogens is 1. The van der Waals surface area contributed by atoms with Crippen LogP contribution in [0.25, 0.3) is 11.3 Å². The molecule has 1 aliphatic heterocycles. The van der Waals surface area contributed by atoms with E-state index in [1.807, 2.05) is 12.3 Å². The van der Waals surface area contributed by atoms with Gasteiger partial charge in [0.05, 0.1) is 12.2 Å². The van der Waals surface area contributed by atoms with E-state index in [2.05, 4.69) is 14.9 Å². The summed E-state index contributed by atoms with van der Waals surface area (Å²) in [5, 5.41) is 3.24. The van der Waals surface area contributed by atoms with E-state index in [0.717, 1.165) is 31.2 Å². The van der Waals surface area contributed by atoms with Crippen molar-refractivity contribution >= 4 is 0 Å². The average Bonchev–Trinajstić information content (AvgIpc) is 2.73. The van der Waals surface area contributed by atoms with Gasteiger partial charge in [0.1, 0.15) is 11.6 Å². The molecule has 1 aromatic carbocycles. The van der Waals surface area contributed by atoms with E-state index in [1.54, 1.807) is 12.1 Å². The van der Waals surface area contributed by atoms with Gasteiger partial charge in [-0.2, -0.15) is 0 Å². The molecule has 16 heavy (non-hydrogen) atoms. The number of imidazole rings is 1. The lowest BCUT2D eigenvalue weighted by Gasteiger charge is -2.13. The Kier molecular flexibility index (Phi) is 2.22. The van der Waals surface area contributed by atoms with E-state index in [9.17, 15) is 4.39 Å². The number of aromatic nitrogens is 2. The van der Waals surface area contributed by atoms with Crippen molar-refractivity contribution in [2.75, 3.05) is 6.54 Å². The first-order chi connectivity index (χ1) is 7.84. The summed E-state index contributed by atoms with van der Waals surface area (Å²) in [7, 11) is 0. The Morgan fingerprint density at radius 2 is 2.19 bits per heavy atom. The fourth-order valence-corrected chi connectivity index (χ4v) is 1.99. The Bertz CT molecular complexity index is 495. The van der Waals surface area contributed by atoms with Crippen LogP contribution in [0.2, 0.25) is 0 Å². The first kappa shape index (κ1) is 9.54. The van der Waals surface area contributed by atoms with Crippen LogP contribution in [0.5, 0.6) is 0 Å². The van der Waals surface area contributed by atoms with Crippen molar-refractivity contribution in [1.82, 2.24) is 14.9 Å². The number of hydrogen-bond donors (Lipinski definition) is 1. The van der Waals surface area contributed by atoms with Crippen LogP contribution < -0.4 is 5.32 Å². The lowest BCUT2D eigenvalue weighted by atomic mass is 10.1. The average molecular weight is 217 g/mol. The quantitative estimate of drug-likeness (QED) is 0.789. The molecule has 1 N–H and O–H groups in total. The first-order valence-corrected chi connectivity index (χ1v) is 5.36. The molecule has 3 nitrogen and oxygen atoms in total. The van der Waals surface area contributed by atoms with Crippen LogP contribution in [-0.4, -0.2) is 16.1 Å². The highest BCUT2D eigenvalue weighted by molar-refractivity contribution is 5.59. The monoisotopic (exact) mass is 217 g/mol. The van der Waals surface area contributed by atoms with Crippen molar-refractivity contribution in [2.45, 2.75) is 13.1 Å². The van der Waals surface area contributed by atoms with Gasteiger partial charge in [0.2, 0.25) is 0 Å². The molecule has 0 bridgehead atoms. The second-order valence-corrected chi connectivity index (χ2v) is 3.89. The molecule has 0 atom stereocenters. The van der Waals surface area contributed by atoms with E-state index >= 15 is 0 Å². The predicted octanol–water partition coefficient (Wildman–Crippen LogP) is 1.79. The van der Waals surface area contributed by atoms with Gasteiger partial charge < -0.3 is 9.88 Å². The third-order valence-electron chi connectivity index (χ3n) is 2.82. The Morgan fingerprint density at radius 3 is 3.00 bits per heavy atom. The van der Waals surface area contributed by atoms with Crippen LogP contribution in [0.4, 0.5) is 4.39 Å². The zero-order valence-corrected chi connectivity index (χ0v) is 8.78. The van der Waals surface area contributed by atoms with Gasteiger partial charge >= 0.3 is 0 Å². The summed E-state index contributed by atoms with van der Waals surface area (Å²) in [5.74, 6) is 0.760.